The molecule has 3 rings (SSSR count). The number of aryl methyl sites for hydroxylation is 2. The standard InChI is InChI=1S/C27H32ClN3O.C2H6/c1-5-16-30(17-6-2)25-15-10-22(18-29-25)19-31(26-20(3)8-7-9-21(26)4)27(32)23-11-13-24(28)14-12-23;1-2/h7-15,18H,5-6,16-17,19H2,1-4H3;1-2H3. The first kappa shape index (κ1) is 27.4. The Labute approximate surface area is 210 Å². The van der Waals surface area contributed by atoms with E-state index in [2.05, 4.69) is 30.9 Å². The van der Waals surface area contributed by atoms with Crippen molar-refractivity contribution in [2.24, 2.45) is 0 Å². The van der Waals surface area contributed by atoms with Crippen molar-refractivity contribution in [2.45, 2.75) is 60.9 Å². The lowest BCUT2D eigenvalue weighted by atomic mass is 10.1. The number of amides is 1. The van der Waals surface area contributed by atoms with Crippen LogP contribution in [-0.2, 0) is 6.54 Å². The summed E-state index contributed by atoms with van der Waals surface area (Å²) >= 11 is 6.04. The van der Waals surface area contributed by atoms with Crippen LogP contribution in [0.2, 0.25) is 5.02 Å². The van der Waals surface area contributed by atoms with Gasteiger partial charge in [0.05, 0.1) is 12.2 Å². The predicted octanol–water partition coefficient (Wildman–Crippen LogP) is 7.85. The summed E-state index contributed by atoms with van der Waals surface area (Å²) in [6.07, 6.45) is 4.06. The van der Waals surface area contributed by atoms with E-state index in [1.54, 1.807) is 24.3 Å². The molecule has 0 atom stereocenters. The summed E-state index contributed by atoms with van der Waals surface area (Å²) in [4.78, 5) is 22.4. The molecule has 1 amide bonds. The Morgan fingerprint density at radius 2 is 1.47 bits per heavy atom. The van der Waals surface area contributed by atoms with E-state index < -0.39 is 0 Å². The van der Waals surface area contributed by atoms with Gasteiger partial charge in [0.2, 0.25) is 0 Å². The van der Waals surface area contributed by atoms with Crippen molar-refractivity contribution in [2.75, 3.05) is 22.9 Å². The fraction of sp³-hybridized carbons (Fsp3) is 0.379. The largest absolute Gasteiger partial charge is 0.357 e. The summed E-state index contributed by atoms with van der Waals surface area (Å²) in [6.45, 7) is 14.9. The van der Waals surface area contributed by atoms with E-state index in [4.69, 9.17) is 16.6 Å². The molecule has 3 aromatic rings. The normalized spacial score (nSPS) is 10.3. The minimum Gasteiger partial charge on any atom is -0.357 e. The van der Waals surface area contributed by atoms with Crippen molar-refractivity contribution >= 4 is 29.0 Å². The number of carbonyl (C=O) groups excluding carboxylic acids is 1. The molecular formula is C29H38ClN3O. The van der Waals surface area contributed by atoms with Crippen molar-refractivity contribution in [1.82, 2.24) is 4.98 Å². The maximum Gasteiger partial charge on any atom is 0.258 e. The Morgan fingerprint density at radius 1 is 0.882 bits per heavy atom. The first-order chi connectivity index (χ1) is 16.4. The number of pyridine rings is 1. The molecule has 1 heterocycles. The van der Waals surface area contributed by atoms with Crippen LogP contribution in [0.1, 0.15) is 67.6 Å². The summed E-state index contributed by atoms with van der Waals surface area (Å²) in [7, 11) is 0. The van der Waals surface area contributed by atoms with Crippen molar-refractivity contribution in [3.8, 4) is 0 Å². The Kier molecular flexibility index (Phi) is 11.1. The molecule has 0 N–H and O–H groups in total. The Balaban J connectivity index is 0.00000199. The average molecular weight is 480 g/mol. The Bertz CT molecular complexity index is 1010. The third kappa shape index (κ3) is 7.07. The molecule has 0 aliphatic carbocycles. The molecule has 2 aromatic carbocycles. The highest BCUT2D eigenvalue weighted by Gasteiger charge is 2.22. The van der Waals surface area contributed by atoms with E-state index in [1.807, 2.05) is 57.0 Å². The molecule has 0 aliphatic heterocycles. The lowest BCUT2D eigenvalue weighted by molar-refractivity contribution is 0.0985. The van der Waals surface area contributed by atoms with E-state index in [0.29, 0.717) is 17.1 Å². The molecule has 1 aromatic heterocycles. The number of para-hydroxylation sites is 1. The fourth-order valence-electron chi connectivity index (χ4n) is 3.99. The van der Waals surface area contributed by atoms with E-state index >= 15 is 0 Å². The maximum atomic E-state index is 13.6. The number of carbonyl (C=O) groups is 1. The molecule has 34 heavy (non-hydrogen) atoms. The summed E-state index contributed by atoms with van der Waals surface area (Å²) < 4.78 is 0. The SMILES string of the molecule is CC.CCCN(CCC)c1ccc(CN(C(=O)c2ccc(Cl)cc2)c2c(C)cccc2C)cn1. The molecule has 4 nitrogen and oxygen atoms in total. The number of benzene rings is 2. The average Bonchev–Trinajstić information content (AvgIpc) is 2.85. The molecule has 0 unspecified atom stereocenters. The van der Waals surface area contributed by atoms with E-state index in [9.17, 15) is 4.79 Å². The van der Waals surface area contributed by atoms with Gasteiger partial charge in [-0.3, -0.25) is 4.79 Å². The quantitative estimate of drug-likeness (QED) is 0.313. The Morgan fingerprint density at radius 3 is 1.97 bits per heavy atom. The summed E-state index contributed by atoms with van der Waals surface area (Å²) in [5, 5.41) is 0.615. The molecule has 0 aliphatic rings. The highest BCUT2D eigenvalue weighted by atomic mass is 35.5. The van der Waals surface area contributed by atoms with E-state index in [-0.39, 0.29) is 5.91 Å². The van der Waals surface area contributed by atoms with Gasteiger partial charge in [0.1, 0.15) is 5.82 Å². The van der Waals surface area contributed by atoms with E-state index in [0.717, 1.165) is 54.1 Å². The number of nitrogens with zero attached hydrogens (tertiary/aromatic N) is 3. The van der Waals surface area contributed by atoms with Crippen LogP contribution in [0.5, 0.6) is 0 Å². The van der Waals surface area contributed by atoms with Crippen molar-refractivity contribution in [3.63, 3.8) is 0 Å². The van der Waals surface area contributed by atoms with Gasteiger partial charge in [0, 0.05) is 29.9 Å². The third-order valence-corrected chi connectivity index (χ3v) is 5.76. The van der Waals surface area contributed by atoms with Crippen LogP contribution < -0.4 is 9.80 Å². The molecule has 0 fully saturated rings. The van der Waals surface area contributed by atoms with Crippen molar-refractivity contribution in [3.05, 3.63) is 88.1 Å². The summed E-state index contributed by atoms with van der Waals surface area (Å²) in [5.74, 6) is 0.932. The molecule has 0 saturated carbocycles. The van der Waals surface area contributed by atoms with Gasteiger partial charge < -0.3 is 9.80 Å². The van der Waals surface area contributed by atoms with Gasteiger partial charge in [0.15, 0.2) is 0 Å². The second-order valence-corrected chi connectivity index (χ2v) is 8.59. The zero-order valence-electron chi connectivity index (χ0n) is 21.4. The summed E-state index contributed by atoms with van der Waals surface area (Å²) in [6, 6.07) is 17.3. The number of hydrogen-bond donors (Lipinski definition) is 0. The van der Waals surface area contributed by atoms with Gasteiger partial charge in [-0.1, -0.05) is 63.6 Å². The van der Waals surface area contributed by atoms with Crippen LogP contribution >= 0.6 is 11.6 Å². The highest BCUT2D eigenvalue weighted by Crippen LogP contribution is 2.28. The predicted molar refractivity (Wildman–Crippen MR) is 146 cm³/mol. The van der Waals surface area contributed by atoms with Crippen LogP contribution in [0.15, 0.2) is 60.8 Å². The minimum atomic E-state index is -0.0539. The molecule has 5 heteroatoms. The third-order valence-electron chi connectivity index (χ3n) is 5.51. The first-order valence-corrected chi connectivity index (χ1v) is 12.7. The zero-order valence-corrected chi connectivity index (χ0v) is 22.2. The van der Waals surface area contributed by atoms with Crippen molar-refractivity contribution < 1.29 is 4.79 Å². The number of aromatic nitrogens is 1. The van der Waals surface area contributed by atoms with Crippen LogP contribution in [0, 0.1) is 13.8 Å². The molecule has 0 saturated heterocycles. The molecule has 0 radical (unpaired) electrons. The fourth-order valence-corrected chi connectivity index (χ4v) is 4.12. The monoisotopic (exact) mass is 479 g/mol. The lowest BCUT2D eigenvalue weighted by Gasteiger charge is -2.27. The number of anilines is 2. The van der Waals surface area contributed by atoms with Gasteiger partial charge in [-0.05, 0) is 73.7 Å². The smallest absolute Gasteiger partial charge is 0.258 e. The maximum absolute atomic E-state index is 13.6. The number of rotatable bonds is 9. The summed E-state index contributed by atoms with van der Waals surface area (Å²) in [5.41, 5.74) is 4.67. The van der Waals surface area contributed by atoms with Crippen LogP contribution in [0.4, 0.5) is 11.5 Å². The van der Waals surface area contributed by atoms with Gasteiger partial charge in [0.25, 0.3) is 5.91 Å². The lowest BCUT2D eigenvalue weighted by Crippen LogP contribution is -2.32. The van der Waals surface area contributed by atoms with Crippen LogP contribution in [0.3, 0.4) is 0 Å². The molecular weight excluding hydrogens is 442 g/mol. The van der Waals surface area contributed by atoms with Gasteiger partial charge in [-0.25, -0.2) is 4.98 Å². The topological polar surface area (TPSA) is 36.4 Å². The van der Waals surface area contributed by atoms with Crippen molar-refractivity contribution in [1.29, 1.82) is 0 Å². The zero-order chi connectivity index (χ0) is 25.1. The van der Waals surface area contributed by atoms with Gasteiger partial charge >= 0.3 is 0 Å². The molecule has 0 bridgehead atoms. The van der Waals surface area contributed by atoms with Gasteiger partial charge in [-0.15, -0.1) is 0 Å². The molecule has 0 spiro atoms. The first-order valence-electron chi connectivity index (χ1n) is 12.3. The van der Waals surface area contributed by atoms with E-state index in [1.165, 1.54) is 0 Å². The second kappa shape index (κ2) is 13.8. The van der Waals surface area contributed by atoms with Crippen LogP contribution in [-0.4, -0.2) is 24.0 Å². The second-order valence-electron chi connectivity index (χ2n) is 8.15. The van der Waals surface area contributed by atoms with Gasteiger partial charge in [-0.2, -0.15) is 0 Å². The number of hydrogen-bond acceptors (Lipinski definition) is 3. The molecule has 182 valence electrons. The van der Waals surface area contributed by atoms with Crippen LogP contribution in [0.25, 0.3) is 0 Å². The highest BCUT2D eigenvalue weighted by molar-refractivity contribution is 6.30. The number of halogens is 1. The Hall–Kier alpha value is -2.85. The minimum absolute atomic E-state index is 0.0539.